The molecule has 1 rings (SSSR count). The van der Waals surface area contributed by atoms with Crippen LogP contribution in [0, 0.1) is 0 Å². The molecule has 0 bridgehead atoms. The van der Waals surface area contributed by atoms with Gasteiger partial charge in [0.15, 0.2) is 0 Å². The highest BCUT2D eigenvalue weighted by Gasteiger charge is 2.04. The SMILES string of the molecule is C[C@@H](NCCC/C(N)=N/O)c1cccs1. The standard InChI is InChI=1S/C10H17N3OS/c1-8(9-4-3-7-15-9)12-6-2-5-10(11)13-14/h3-4,7-8,12,14H,2,5-6H2,1H3,(H2,11,13)/t8-/m1/s1. The van der Waals surface area contributed by atoms with Gasteiger partial charge in [0, 0.05) is 17.3 Å². The fourth-order valence-electron chi connectivity index (χ4n) is 1.28. The molecular formula is C10H17N3OS. The van der Waals surface area contributed by atoms with Crippen LogP contribution >= 0.6 is 11.3 Å². The van der Waals surface area contributed by atoms with Crippen LogP contribution in [-0.4, -0.2) is 17.6 Å². The van der Waals surface area contributed by atoms with E-state index in [-0.39, 0.29) is 0 Å². The summed E-state index contributed by atoms with van der Waals surface area (Å²) in [5.41, 5.74) is 5.36. The normalized spacial score (nSPS) is 14.1. The van der Waals surface area contributed by atoms with Crippen LogP contribution in [0.1, 0.15) is 30.7 Å². The molecule has 1 aromatic rings. The average Bonchev–Trinajstić information content (AvgIpc) is 2.77. The van der Waals surface area contributed by atoms with E-state index >= 15 is 0 Å². The second-order valence-electron chi connectivity index (χ2n) is 3.39. The minimum absolute atomic E-state index is 0.292. The second-order valence-corrected chi connectivity index (χ2v) is 4.37. The Hall–Kier alpha value is -1.07. The monoisotopic (exact) mass is 227 g/mol. The van der Waals surface area contributed by atoms with Gasteiger partial charge < -0.3 is 16.3 Å². The summed E-state index contributed by atoms with van der Waals surface area (Å²) in [7, 11) is 0. The maximum Gasteiger partial charge on any atom is 0.139 e. The van der Waals surface area contributed by atoms with Crippen LogP contribution in [0.5, 0.6) is 0 Å². The van der Waals surface area contributed by atoms with Crippen molar-refractivity contribution >= 4 is 17.2 Å². The first-order valence-corrected chi connectivity index (χ1v) is 5.85. The molecule has 4 nitrogen and oxygen atoms in total. The van der Waals surface area contributed by atoms with Crippen molar-refractivity contribution in [1.29, 1.82) is 0 Å². The van der Waals surface area contributed by atoms with E-state index in [0.717, 1.165) is 13.0 Å². The van der Waals surface area contributed by atoms with Gasteiger partial charge in [-0.15, -0.1) is 11.3 Å². The minimum atomic E-state index is 0.292. The van der Waals surface area contributed by atoms with Gasteiger partial charge in [-0.2, -0.15) is 0 Å². The summed E-state index contributed by atoms with van der Waals surface area (Å²) in [5, 5.41) is 16.7. The Labute approximate surface area is 93.8 Å². The third-order valence-electron chi connectivity index (χ3n) is 2.16. The zero-order valence-electron chi connectivity index (χ0n) is 8.81. The summed E-state index contributed by atoms with van der Waals surface area (Å²) in [6.45, 7) is 3.00. The van der Waals surface area contributed by atoms with Gasteiger partial charge in [-0.1, -0.05) is 11.2 Å². The Morgan fingerprint density at radius 2 is 2.53 bits per heavy atom. The van der Waals surface area contributed by atoms with E-state index in [2.05, 4.69) is 34.9 Å². The molecule has 0 unspecified atom stereocenters. The Bertz CT molecular complexity index is 298. The summed E-state index contributed by atoms with van der Waals surface area (Å²) < 4.78 is 0. The molecule has 0 aromatic carbocycles. The molecule has 0 radical (unpaired) electrons. The van der Waals surface area contributed by atoms with Gasteiger partial charge in [-0.05, 0) is 31.3 Å². The molecule has 0 saturated heterocycles. The Morgan fingerprint density at radius 1 is 1.73 bits per heavy atom. The van der Waals surface area contributed by atoms with Gasteiger partial charge in [0.2, 0.25) is 0 Å². The number of nitrogens with one attached hydrogen (secondary N) is 1. The highest BCUT2D eigenvalue weighted by molar-refractivity contribution is 7.10. The lowest BCUT2D eigenvalue weighted by atomic mass is 10.2. The number of thiophene rings is 1. The van der Waals surface area contributed by atoms with E-state index in [0.29, 0.717) is 18.3 Å². The summed E-state index contributed by atoms with van der Waals surface area (Å²) >= 11 is 1.75. The molecule has 84 valence electrons. The van der Waals surface area contributed by atoms with E-state index in [4.69, 9.17) is 10.9 Å². The van der Waals surface area contributed by atoms with E-state index in [1.54, 1.807) is 11.3 Å². The summed E-state index contributed by atoms with van der Waals surface area (Å²) in [5.74, 6) is 0.292. The van der Waals surface area contributed by atoms with Gasteiger partial charge in [0.1, 0.15) is 5.84 Å². The summed E-state index contributed by atoms with van der Waals surface area (Å²) in [6.07, 6.45) is 1.51. The molecular weight excluding hydrogens is 210 g/mol. The lowest BCUT2D eigenvalue weighted by molar-refractivity contribution is 0.316. The smallest absolute Gasteiger partial charge is 0.139 e. The Balaban J connectivity index is 2.15. The highest BCUT2D eigenvalue weighted by atomic mass is 32.1. The van der Waals surface area contributed by atoms with Crippen LogP contribution in [0.3, 0.4) is 0 Å². The topological polar surface area (TPSA) is 70.6 Å². The van der Waals surface area contributed by atoms with Crippen molar-refractivity contribution in [3.8, 4) is 0 Å². The fraction of sp³-hybridized carbons (Fsp3) is 0.500. The van der Waals surface area contributed by atoms with Crippen molar-refractivity contribution in [2.45, 2.75) is 25.8 Å². The number of oxime groups is 1. The predicted octanol–water partition coefficient (Wildman–Crippen LogP) is 1.93. The number of amidine groups is 1. The van der Waals surface area contributed by atoms with Gasteiger partial charge >= 0.3 is 0 Å². The molecule has 15 heavy (non-hydrogen) atoms. The average molecular weight is 227 g/mol. The molecule has 0 aliphatic rings. The molecule has 0 saturated carbocycles. The van der Waals surface area contributed by atoms with Crippen molar-refractivity contribution in [2.75, 3.05) is 6.54 Å². The number of nitrogens with two attached hydrogens (primary N) is 1. The molecule has 4 N–H and O–H groups in total. The number of hydrogen-bond acceptors (Lipinski definition) is 4. The van der Waals surface area contributed by atoms with Crippen molar-refractivity contribution in [3.05, 3.63) is 22.4 Å². The van der Waals surface area contributed by atoms with Crippen LogP contribution < -0.4 is 11.1 Å². The quantitative estimate of drug-likeness (QED) is 0.229. The number of nitrogens with zero attached hydrogens (tertiary/aromatic N) is 1. The van der Waals surface area contributed by atoms with E-state index < -0.39 is 0 Å². The first kappa shape index (κ1) is 12.0. The molecule has 5 heteroatoms. The van der Waals surface area contributed by atoms with Crippen molar-refractivity contribution in [3.63, 3.8) is 0 Å². The lowest BCUT2D eigenvalue weighted by Crippen LogP contribution is -2.21. The molecule has 0 amide bonds. The molecule has 1 atom stereocenters. The molecule has 0 spiro atoms. The highest BCUT2D eigenvalue weighted by Crippen LogP contribution is 2.17. The van der Waals surface area contributed by atoms with Crippen LogP contribution in [0.2, 0.25) is 0 Å². The largest absolute Gasteiger partial charge is 0.409 e. The predicted molar refractivity (Wildman–Crippen MR) is 63.4 cm³/mol. The van der Waals surface area contributed by atoms with Crippen LogP contribution in [0.25, 0.3) is 0 Å². The van der Waals surface area contributed by atoms with Crippen LogP contribution in [-0.2, 0) is 0 Å². The van der Waals surface area contributed by atoms with Gasteiger partial charge in [-0.3, -0.25) is 0 Å². The second kappa shape index (κ2) is 6.42. The van der Waals surface area contributed by atoms with Crippen molar-refractivity contribution in [2.24, 2.45) is 10.9 Å². The van der Waals surface area contributed by atoms with Crippen molar-refractivity contribution < 1.29 is 5.21 Å². The fourth-order valence-corrected chi connectivity index (χ4v) is 2.04. The summed E-state index contributed by atoms with van der Waals surface area (Å²) in [6, 6.07) is 4.54. The molecule has 0 aliphatic carbocycles. The third kappa shape index (κ3) is 4.31. The van der Waals surface area contributed by atoms with Gasteiger partial charge in [-0.25, -0.2) is 0 Å². The molecule has 0 fully saturated rings. The molecule has 1 heterocycles. The van der Waals surface area contributed by atoms with Gasteiger partial charge in [0.05, 0.1) is 0 Å². The summed E-state index contributed by atoms with van der Waals surface area (Å²) in [4.78, 5) is 1.33. The van der Waals surface area contributed by atoms with E-state index in [1.165, 1.54) is 4.88 Å². The first-order chi connectivity index (χ1) is 7.24. The third-order valence-corrected chi connectivity index (χ3v) is 3.21. The Morgan fingerprint density at radius 3 is 3.13 bits per heavy atom. The lowest BCUT2D eigenvalue weighted by Gasteiger charge is -2.11. The zero-order chi connectivity index (χ0) is 11.1. The van der Waals surface area contributed by atoms with Crippen molar-refractivity contribution in [1.82, 2.24) is 5.32 Å². The minimum Gasteiger partial charge on any atom is -0.409 e. The Kier molecular flexibility index (Phi) is 5.14. The van der Waals surface area contributed by atoms with Gasteiger partial charge in [0.25, 0.3) is 0 Å². The first-order valence-electron chi connectivity index (χ1n) is 4.97. The van der Waals surface area contributed by atoms with Crippen LogP contribution in [0.4, 0.5) is 0 Å². The number of rotatable bonds is 6. The maximum absolute atomic E-state index is 8.34. The number of hydrogen-bond donors (Lipinski definition) is 3. The van der Waals surface area contributed by atoms with E-state index in [9.17, 15) is 0 Å². The maximum atomic E-state index is 8.34. The van der Waals surface area contributed by atoms with E-state index in [1.807, 2.05) is 0 Å². The zero-order valence-corrected chi connectivity index (χ0v) is 9.63. The van der Waals surface area contributed by atoms with Crippen LogP contribution in [0.15, 0.2) is 22.7 Å². The molecule has 0 aliphatic heterocycles. The molecule has 1 aromatic heterocycles.